The molecule has 1 aromatic carbocycles. The first-order valence-corrected chi connectivity index (χ1v) is 10.8. The first-order valence-electron chi connectivity index (χ1n) is 10.4. The van der Waals surface area contributed by atoms with Crippen LogP contribution < -0.4 is 0 Å². The highest BCUT2D eigenvalue weighted by atomic mass is 35.5. The van der Waals surface area contributed by atoms with Gasteiger partial charge in [0.15, 0.2) is 0 Å². The van der Waals surface area contributed by atoms with Crippen LogP contribution in [-0.2, 0) is 0 Å². The molecule has 0 nitrogen and oxygen atoms in total. The molecule has 0 spiro atoms. The summed E-state index contributed by atoms with van der Waals surface area (Å²) in [5, 5.41) is 0.867. The first kappa shape index (κ1) is 17.0. The van der Waals surface area contributed by atoms with Crippen LogP contribution in [0.5, 0.6) is 0 Å². The van der Waals surface area contributed by atoms with Gasteiger partial charge in [-0.3, -0.25) is 0 Å². The highest BCUT2D eigenvalue weighted by Crippen LogP contribution is 2.49. The summed E-state index contributed by atoms with van der Waals surface area (Å²) < 4.78 is 0. The van der Waals surface area contributed by atoms with Crippen molar-refractivity contribution in [2.75, 3.05) is 0 Å². The second-order valence-electron chi connectivity index (χ2n) is 9.17. The highest BCUT2D eigenvalue weighted by Gasteiger charge is 2.38. The average Bonchev–Trinajstić information content (AvgIpc) is 2.62. The zero-order chi connectivity index (χ0) is 16.5. The number of fused-ring (bicyclic) bond motifs is 1. The molecule has 0 saturated heterocycles. The molecule has 4 unspecified atom stereocenters. The summed E-state index contributed by atoms with van der Waals surface area (Å²) in [6, 6.07) is 8.63. The SMILES string of the molecule is CC1CCC2CC(C3CCC(c4ccc(Cl)cc4)CC3)CCC2C1. The Kier molecular flexibility index (Phi) is 5.23. The lowest BCUT2D eigenvalue weighted by Gasteiger charge is -2.45. The smallest absolute Gasteiger partial charge is 0.0406 e. The number of benzene rings is 1. The van der Waals surface area contributed by atoms with Crippen LogP contribution in [0.2, 0.25) is 5.02 Å². The predicted molar refractivity (Wildman–Crippen MR) is 103 cm³/mol. The number of rotatable bonds is 2. The minimum atomic E-state index is 0.783. The zero-order valence-electron chi connectivity index (χ0n) is 15.2. The zero-order valence-corrected chi connectivity index (χ0v) is 16.0. The minimum absolute atomic E-state index is 0.783. The van der Waals surface area contributed by atoms with Crippen LogP contribution >= 0.6 is 11.6 Å². The molecular weight excluding hydrogens is 312 g/mol. The lowest BCUT2D eigenvalue weighted by atomic mass is 9.61. The molecule has 24 heavy (non-hydrogen) atoms. The maximum atomic E-state index is 6.04. The molecule has 4 rings (SSSR count). The van der Waals surface area contributed by atoms with E-state index in [0.717, 1.165) is 40.5 Å². The summed E-state index contributed by atoms with van der Waals surface area (Å²) in [6.07, 6.45) is 14.9. The van der Waals surface area contributed by atoms with Gasteiger partial charge in [0.05, 0.1) is 0 Å². The summed E-state index contributed by atoms with van der Waals surface area (Å²) in [6.45, 7) is 2.47. The van der Waals surface area contributed by atoms with Crippen molar-refractivity contribution in [3.05, 3.63) is 34.9 Å². The van der Waals surface area contributed by atoms with Crippen molar-refractivity contribution < 1.29 is 0 Å². The highest BCUT2D eigenvalue weighted by molar-refractivity contribution is 6.30. The Balaban J connectivity index is 1.31. The van der Waals surface area contributed by atoms with Gasteiger partial charge in [0, 0.05) is 5.02 Å². The lowest BCUT2D eigenvalue weighted by molar-refractivity contribution is 0.0672. The molecule has 3 aliphatic carbocycles. The summed E-state index contributed by atoms with van der Waals surface area (Å²) in [4.78, 5) is 0. The van der Waals surface area contributed by atoms with E-state index in [-0.39, 0.29) is 0 Å². The third-order valence-corrected chi connectivity index (χ3v) is 7.95. The minimum Gasteiger partial charge on any atom is -0.0843 e. The van der Waals surface area contributed by atoms with E-state index in [0.29, 0.717) is 0 Å². The normalized spacial score (nSPS) is 40.1. The fourth-order valence-electron chi connectivity index (χ4n) is 6.25. The largest absolute Gasteiger partial charge is 0.0843 e. The molecule has 3 saturated carbocycles. The standard InChI is InChI=1S/C23H33Cl/c1-16-2-3-22-15-21(9-8-20(22)14-16)19-6-4-17(5-7-19)18-10-12-23(24)13-11-18/h10-13,16-17,19-22H,2-9,14-15H2,1H3. The van der Waals surface area contributed by atoms with Crippen LogP contribution in [0.4, 0.5) is 0 Å². The van der Waals surface area contributed by atoms with Crippen molar-refractivity contribution in [2.24, 2.45) is 29.6 Å². The predicted octanol–water partition coefficient (Wildman–Crippen LogP) is 7.47. The Morgan fingerprint density at radius 1 is 0.667 bits per heavy atom. The van der Waals surface area contributed by atoms with Gasteiger partial charge < -0.3 is 0 Å². The second kappa shape index (κ2) is 7.40. The van der Waals surface area contributed by atoms with E-state index in [1.54, 1.807) is 6.42 Å². The molecule has 0 radical (unpaired) electrons. The van der Waals surface area contributed by atoms with Crippen molar-refractivity contribution >= 4 is 11.6 Å². The van der Waals surface area contributed by atoms with Crippen molar-refractivity contribution in [3.63, 3.8) is 0 Å². The molecule has 0 aromatic heterocycles. The van der Waals surface area contributed by atoms with Crippen LogP contribution in [0.15, 0.2) is 24.3 Å². The van der Waals surface area contributed by atoms with E-state index < -0.39 is 0 Å². The Morgan fingerprint density at radius 3 is 1.92 bits per heavy atom. The maximum absolute atomic E-state index is 6.04. The lowest BCUT2D eigenvalue weighted by Crippen LogP contribution is -2.34. The van der Waals surface area contributed by atoms with Gasteiger partial charge in [-0.2, -0.15) is 0 Å². The van der Waals surface area contributed by atoms with Gasteiger partial charge in [-0.15, -0.1) is 0 Å². The van der Waals surface area contributed by atoms with Crippen LogP contribution in [0.1, 0.15) is 82.6 Å². The molecule has 0 amide bonds. The van der Waals surface area contributed by atoms with Gasteiger partial charge in [0.2, 0.25) is 0 Å². The van der Waals surface area contributed by atoms with Crippen molar-refractivity contribution in [2.45, 2.75) is 77.0 Å². The molecule has 132 valence electrons. The van der Waals surface area contributed by atoms with Gasteiger partial charge in [-0.25, -0.2) is 0 Å². The first-order chi connectivity index (χ1) is 11.7. The molecule has 4 atom stereocenters. The second-order valence-corrected chi connectivity index (χ2v) is 9.61. The van der Waals surface area contributed by atoms with Crippen LogP contribution in [0.25, 0.3) is 0 Å². The quantitative estimate of drug-likeness (QED) is 0.522. The molecule has 1 aromatic rings. The van der Waals surface area contributed by atoms with Gasteiger partial charge in [-0.1, -0.05) is 37.1 Å². The van der Waals surface area contributed by atoms with Crippen molar-refractivity contribution in [3.8, 4) is 0 Å². The Hall–Kier alpha value is -0.490. The van der Waals surface area contributed by atoms with E-state index >= 15 is 0 Å². The molecule has 0 heterocycles. The summed E-state index contributed by atoms with van der Waals surface area (Å²) in [5.41, 5.74) is 1.52. The third kappa shape index (κ3) is 3.69. The van der Waals surface area contributed by atoms with E-state index in [1.807, 2.05) is 0 Å². The third-order valence-electron chi connectivity index (χ3n) is 7.70. The van der Waals surface area contributed by atoms with Crippen molar-refractivity contribution in [1.29, 1.82) is 0 Å². The van der Waals surface area contributed by atoms with E-state index in [9.17, 15) is 0 Å². The Bertz CT molecular complexity index is 525. The number of halogens is 1. The summed E-state index contributed by atoms with van der Waals surface area (Å²) in [5.74, 6) is 6.01. The topological polar surface area (TPSA) is 0 Å². The Labute approximate surface area is 153 Å². The fraction of sp³-hybridized carbons (Fsp3) is 0.739. The molecule has 0 aliphatic heterocycles. The number of hydrogen-bond donors (Lipinski definition) is 0. The van der Waals surface area contributed by atoms with E-state index in [1.165, 1.54) is 63.4 Å². The molecular formula is C23H33Cl. The van der Waals surface area contributed by atoms with Gasteiger partial charge in [0.1, 0.15) is 0 Å². The van der Waals surface area contributed by atoms with Crippen molar-refractivity contribution in [1.82, 2.24) is 0 Å². The van der Waals surface area contributed by atoms with Gasteiger partial charge in [-0.05, 0) is 111 Å². The van der Waals surface area contributed by atoms with Crippen LogP contribution in [-0.4, -0.2) is 0 Å². The summed E-state index contributed by atoms with van der Waals surface area (Å²) in [7, 11) is 0. The fourth-order valence-corrected chi connectivity index (χ4v) is 6.37. The maximum Gasteiger partial charge on any atom is 0.0406 e. The molecule has 3 aliphatic rings. The number of hydrogen-bond acceptors (Lipinski definition) is 0. The Morgan fingerprint density at radius 2 is 1.21 bits per heavy atom. The molecule has 0 N–H and O–H groups in total. The molecule has 0 bridgehead atoms. The van der Waals surface area contributed by atoms with E-state index in [2.05, 4.69) is 31.2 Å². The van der Waals surface area contributed by atoms with Gasteiger partial charge in [0.25, 0.3) is 0 Å². The van der Waals surface area contributed by atoms with Gasteiger partial charge >= 0.3 is 0 Å². The average molecular weight is 345 g/mol. The van der Waals surface area contributed by atoms with E-state index in [4.69, 9.17) is 11.6 Å². The van der Waals surface area contributed by atoms with Crippen LogP contribution in [0.3, 0.4) is 0 Å². The summed E-state index contributed by atoms with van der Waals surface area (Å²) >= 11 is 6.04. The molecule has 3 fully saturated rings. The van der Waals surface area contributed by atoms with Crippen LogP contribution in [0, 0.1) is 29.6 Å². The monoisotopic (exact) mass is 344 g/mol. The molecule has 1 heteroatoms.